The Hall–Kier alpha value is -1.68. The number of nitrogens with zero attached hydrogens (tertiary/aromatic N) is 2. The van der Waals surface area contributed by atoms with Crippen LogP contribution >= 0.6 is 11.6 Å². The minimum atomic E-state index is -0.433. The molecule has 3 nitrogen and oxygen atoms in total. The lowest BCUT2D eigenvalue weighted by molar-refractivity contribution is 0.102. The zero-order chi connectivity index (χ0) is 13.3. The van der Waals surface area contributed by atoms with E-state index in [1.165, 1.54) is 23.0 Å². The normalized spacial score (nSPS) is 10.7. The highest BCUT2D eigenvalue weighted by molar-refractivity contribution is 6.34. The highest BCUT2D eigenvalue weighted by atomic mass is 35.5. The van der Waals surface area contributed by atoms with Crippen molar-refractivity contribution in [3.63, 3.8) is 0 Å². The molecule has 2 aromatic rings. The van der Waals surface area contributed by atoms with Crippen LogP contribution < -0.4 is 0 Å². The maximum absolute atomic E-state index is 13.3. The van der Waals surface area contributed by atoms with Crippen LogP contribution in [0.3, 0.4) is 0 Å². The van der Waals surface area contributed by atoms with Gasteiger partial charge in [-0.2, -0.15) is 5.10 Å². The van der Waals surface area contributed by atoms with Crippen molar-refractivity contribution in [3.05, 3.63) is 52.1 Å². The lowest BCUT2D eigenvalue weighted by atomic mass is 10.1. The largest absolute Gasteiger partial charge is 0.287 e. The molecular weight excluding hydrogens is 255 g/mol. The van der Waals surface area contributed by atoms with E-state index in [0.717, 1.165) is 0 Å². The molecule has 0 bridgehead atoms. The van der Waals surface area contributed by atoms with Crippen molar-refractivity contribution in [2.75, 3.05) is 0 Å². The average molecular weight is 267 g/mol. The minimum absolute atomic E-state index is 0.281. The van der Waals surface area contributed by atoms with Gasteiger partial charge >= 0.3 is 0 Å². The number of rotatable bonds is 3. The monoisotopic (exact) mass is 266 g/mol. The number of carbonyl (C=O) groups excluding carboxylic acids is 1. The van der Waals surface area contributed by atoms with Gasteiger partial charge in [0.25, 0.3) is 0 Å². The summed E-state index contributed by atoms with van der Waals surface area (Å²) < 4.78 is 14.8. The molecule has 0 aliphatic heterocycles. The smallest absolute Gasteiger partial charge is 0.212 e. The Morgan fingerprint density at radius 2 is 2.17 bits per heavy atom. The molecule has 1 aromatic heterocycles. The molecule has 0 atom stereocenters. The number of ketones is 1. The van der Waals surface area contributed by atoms with Gasteiger partial charge in [-0.05, 0) is 37.6 Å². The maximum Gasteiger partial charge on any atom is 0.212 e. The summed E-state index contributed by atoms with van der Waals surface area (Å²) in [5, 5.41) is 4.28. The first-order chi connectivity index (χ1) is 8.52. The van der Waals surface area contributed by atoms with Gasteiger partial charge in [0.05, 0.1) is 11.2 Å². The third-order valence-electron chi connectivity index (χ3n) is 2.61. The molecule has 2 rings (SSSR count). The second kappa shape index (κ2) is 4.90. The summed E-state index contributed by atoms with van der Waals surface area (Å²) in [7, 11) is 0. The first-order valence-electron chi connectivity index (χ1n) is 5.56. The topological polar surface area (TPSA) is 34.9 Å². The highest BCUT2D eigenvalue weighted by Gasteiger charge is 2.19. The van der Waals surface area contributed by atoms with Crippen LogP contribution in [0.4, 0.5) is 4.39 Å². The van der Waals surface area contributed by atoms with E-state index in [0.29, 0.717) is 17.8 Å². The van der Waals surface area contributed by atoms with E-state index in [4.69, 9.17) is 11.6 Å². The second-order valence-corrected chi connectivity index (χ2v) is 4.41. The first kappa shape index (κ1) is 12.8. The number of carbonyl (C=O) groups is 1. The van der Waals surface area contributed by atoms with E-state index in [9.17, 15) is 9.18 Å². The molecule has 18 heavy (non-hydrogen) atoms. The number of halogens is 2. The van der Waals surface area contributed by atoms with Crippen molar-refractivity contribution in [1.82, 2.24) is 9.78 Å². The second-order valence-electron chi connectivity index (χ2n) is 4.00. The number of benzene rings is 1. The van der Waals surface area contributed by atoms with Gasteiger partial charge in [0.2, 0.25) is 5.78 Å². The van der Waals surface area contributed by atoms with Crippen molar-refractivity contribution in [2.45, 2.75) is 20.4 Å². The van der Waals surface area contributed by atoms with Crippen molar-refractivity contribution < 1.29 is 9.18 Å². The number of aromatic nitrogens is 2. The van der Waals surface area contributed by atoms with Crippen LogP contribution in [0.1, 0.15) is 28.5 Å². The highest BCUT2D eigenvalue weighted by Crippen LogP contribution is 2.20. The van der Waals surface area contributed by atoms with E-state index in [2.05, 4.69) is 5.10 Å². The zero-order valence-corrected chi connectivity index (χ0v) is 10.8. The summed E-state index contributed by atoms with van der Waals surface area (Å²) in [4.78, 5) is 12.3. The fourth-order valence-corrected chi connectivity index (χ4v) is 2.06. The predicted molar refractivity (Wildman–Crippen MR) is 67.5 cm³/mol. The lowest BCUT2D eigenvalue weighted by Gasteiger charge is -2.06. The fourth-order valence-electron chi connectivity index (χ4n) is 1.83. The van der Waals surface area contributed by atoms with Crippen LogP contribution in [0.2, 0.25) is 5.02 Å². The molecule has 0 unspecified atom stereocenters. The predicted octanol–water partition coefficient (Wildman–Crippen LogP) is 3.23. The van der Waals surface area contributed by atoms with Gasteiger partial charge < -0.3 is 0 Å². The van der Waals surface area contributed by atoms with E-state index in [-0.39, 0.29) is 16.4 Å². The molecule has 94 valence electrons. The summed E-state index contributed by atoms with van der Waals surface area (Å²) in [6.45, 7) is 4.12. The zero-order valence-electron chi connectivity index (χ0n) is 10.1. The summed E-state index contributed by atoms with van der Waals surface area (Å²) in [6, 6.07) is 4.21. The summed E-state index contributed by atoms with van der Waals surface area (Å²) in [6.07, 6.45) is 1.42. The Morgan fingerprint density at radius 1 is 1.44 bits per heavy atom. The molecule has 5 heteroatoms. The maximum atomic E-state index is 13.3. The molecule has 0 fully saturated rings. The molecular formula is C13H12ClFN2O. The molecule has 0 radical (unpaired) electrons. The third kappa shape index (κ3) is 2.29. The molecule has 0 aliphatic carbocycles. The molecule has 0 saturated carbocycles. The first-order valence-corrected chi connectivity index (χ1v) is 5.94. The Labute approximate surface area is 109 Å². The molecule has 0 N–H and O–H groups in total. The standard InChI is InChI=1S/C13H12ClFN2O/c1-3-17-12(11(14)7-16-17)13(18)9-4-8(2)5-10(15)6-9/h4-7H,3H2,1-2H3. The van der Waals surface area contributed by atoms with Crippen LogP contribution in [0.5, 0.6) is 0 Å². The summed E-state index contributed by atoms with van der Waals surface area (Å²) >= 11 is 5.95. The Morgan fingerprint density at radius 3 is 2.78 bits per heavy atom. The molecule has 0 saturated heterocycles. The molecule has 1 heterocycles. The van der Waals surface area contributed by atoms with Crippen LogP contribution in [0, 0.1) is 12.7 Å². The van der Waals surface area contributed by atoms with Crippen LogP contribution in [-0.4, -0.2) is 15.6 Å². The van der Waals surface area contributed by atoms with Crippen molar-refractivity contribution >= 4 is 17.4 Å². The van der Waals surface area contributed by atoms with Gasteiger partial charge in [0.15, 0.2) is 0 Å². The Kier molecular flexibility index (Phi) is 3.48. The van der Waals surface area contributed by atoms with Gasteiger partial charge in [-0.25, -0.2) is 4.39 Å². The fraction of sp³-hybridized carbons (Fsp3) is 0.231. The van der Waals surface area contributed by atoms with Crippen LogP contribution in [0.15, 0.2) is 24.4 Å². The summed E-state index contributed by atoms with van der Waals surface area (Å²) in [5.74, 6) is -0.751. The molecule has 0 aliphatic rings. The molecule has 0 spiro atoms. The number of aryl methyl sites for hydroxylation is 2. The van der Waals surface area contributed by atoms with Crippen molar-refractivity contribution in [1.29, 1.82) is 0 Å². The summed E-state index contributed by atoms with van der Waals surface area (Å²) in [5.41, 5.74) is 1.27. The van der Waals surface area contributed by atoms with Gasteiger partial charge in [-0.1, -0.05) is 11.6 Å². The van der Waals surface area contributed by atoms with Gasteiger partial charge in [0, 0.05) is 12.1 Å². The minimum Gasteiger partial charge on any atom is -0.287 e. The lowest BCUT2D eigenvalue weighted by Crippen LogP contribution is -2.11. The Balaban J connectivity index is 2.50. The number of hydrogen-bond acceptors (Lipinski definition) is 2. The average Bonchev–Trinajstić information content (AvgIpc) is 2.68. The van der Waals surface area contributed by atoms with Crippen LogP contribution in [0.25, 0.3) is 0 Å². The van der Waals surface area contributed by atoms with Crippen molar-refractivity contribution in [3.8, 4) is 0 Å². The molecule has 0 amide bonds. The van der Waals surface area contributed by atoms with Crippen molar-refractivity contribution in [2.24, 2.45) is 0 Å². The van der Waals surface area contributed by atoms with E-state index in [1.807, 2.05) is 6.92 Å². The van der Waals surface area contributed by atoms with Gasteiger partial charge in [-0.3, -0.25) is 9.48 Å². The molecule has 1 aromatic carbocycles. The number of hydrogen-bond donors (Lipinski definition) is 0. The van der Waals surface area contributed by atoms with Crippen LogP contribution in [-0.2, 0) is 6.54 Å². The Bertz CT molecular complexity index is 587. The van der Waals surface area contributed by atoms with E-state index < -0.39 is 5.82 Å². The quantitative estimate of drug-likeness (QED) is 0.800. The van der Waals surface area contributed by atoms with E-state index in [1.54, 1.807) is 13.0 Å². The van der Waals surface area contributed by atoms with Gasteiger partial charge in [0.1, 0.15) is 11.5 Å². The van der Waals surface area contributed by atoms with E-state index >= 15 is 0 Å². The van der Waals surface area contributed by atoms with Gasteiger partial charge in [-0.15, -0.1) is 0 Å². The SMILES string of the molecule is CCn1ncc(Cl)c1C(=O)c1cc(C)cc(F)c1. The third-order valence-corrected chi connectivity index (χ3v) is 2.89.